The van der Waals surface area contributed by atoms with Gasteiger partial charge in [0.25, 0.3) is 5.91 Å². The molecule has 2 aromatic rings. The molecule has 13 heteroatoms. The minimum absolute atomic E-state index is 0.00853. The lowest BCUT2D eigenvalue weighted by Crippen LogP contribution is -2.64. The van der Waals surface area contributed by atoms with E-state index in [2.05, 4.69) is 20.6 Å². The molecule has 2 amide bonds. The van der Waals surface area contributed by atoms with Gasteiger partial charge in [0.2, 0.25) is 11.8 Å². The molecule has 1 aliphatic carbocycles. The predicted molar refractivity (Wildman–Crippen MR) is 148 cm³/mol. The smallest absolute Gasteiger partial charge is 0.412 e. The second kappa shape index (κ2) is 12.5. The Kier molecular flexibility index (Phi) is 9.20. The Hall–Kier alpha value is -3.68. The normalized spacial score (nSPS) is 19.4. The first kappa shape index (κ1) is 30.3. The summed E-state index contributed by atoms with van der Waals surface area (Å²) in [5.74, 6) is 0.554. The van der Waals surface area contributed by atoms with Gasteiger partial charge in [-0.1, -0.05) is 0 Å². The fourth-order valence-corrected chi connectivity index (χ4v) is 4.56. The van der Waals surface area contributed by atoms with Gasteiger partial charge in [-0.25, -0.2) is 9.78 Å². The molecule has 0 unspecified atom stereocenters. The van der Waals surface area contributed by atoms with Gasteiger partial charge in [0, 0.05) is 50.0 Å². The number of fused-ring (bicyclic) bond motifs is 1. The zero-order valence-corrected chi connectivity index (χ0v) is 24.1. The highest BCUT2D eigenvalue weighted by atomic mass is 16.7. The number of carbonyl (C=O) groups is 2. The Balaban J connectivity index is 1.53. The molecule has 2 aliphatic rings. The van der Waals surface area contributed by atoms with Crippen LogP contribution in [-0.2, 0) is 22.4 Å². The molecule has 4 rings (SSSR count). The number of aromatic nitrogens is 2. The summed E-state index contributed by atoms with van der Waals surface area (Å²) in [6.07, 6.45) is 2.15. The van der Waals surface area contributed by atoms with Crippen LogP contribution < -0.4 is 20.1 Å². The van der Waals surface area contributed by atoms with Crippen LogP contribution in [0.3, 0.4) is 0 Å². The van der Waals surface area contributed by atoms with E-state index in [1.807, 2.05) is 0 Å². The molecule has 1 aliphatic heterocycles. The molecular weight excluding hydrogens is 534 g/mol. The van der Waals surface area contributed by atoms with Crippen molar-refractivity contribution in [1.82, 2.24) is 20.2 Å². The van der Waals surface area contributed by atoms with Crippen molar-refractivity contribution in [3.05, 3.63) is 41.1 Å². The Morgan fingerprint density at radius 2 is 1.93 bits per heavy atom. The zero-order chi connectivity index (χ0) is 29.8. The van der Waals surface area contributed by atoms with E-state index in [1.165, 1.54) is 26.5 Å². The van der Waals surface area contributed by atoms with Crippen molar-refractivity contribution in [3.63, 3.8) is 0 Å². The van der Waals surface area contributed by atoms with Crippen molar-refractivity contribution in [2.75, 3.05) is 32.9 Å². The Labute approximate surface area is 239 Å². The number of hydrogen-bond donors (Lipinski definition) is 4. The standard InChI is InChI=1S/C28H39N5O8/c1-27(2,3)41-26(36)33-15-18-11-23(40-16-38-4)29-13-19(18)12-28(33,37)21(34)14-30-25(35)17-9-22(31-20-7-6-8-20)32-24(10-17)39-5/h9-11,13,20-21,34,37H,6-8,12,14-16H2,1-5H3,(H,30,35)(H,31,32)/t21-,28+/m1/s1. The second-order valence-electron chi connectivity index (χ2n) is 11.2. The number of methoxy groups -OCH3 is 2. The van der Waals surface area contributed by atoms with Crippen LogP contribution in [0, 0.1) is 0 Å². The lowest BCUT2D eigenvalue weighted by Gasteiger charge is -2.46. The van der Waals surface area contributed by atoms with Gasteiger partial charge in [0.15, 0.2) is 12.5 Å². The average molecular weight is 574 g/mol. The number of nitrogens with zero attached hydrogens (tertiary/aromatic N) is 3. The van der Waals surface area contributed by atoms with Crippen LogP contribution in [0.2, 0.25) is 0 Å². The molecule has 1 fully saturated rings. The molecular formula is C28H39N5O8. The number of aliphatic hydroxyl groups is 2. The summed E-state index contributed by atoms with van der Waals surface area (Å²) in [6, 6.07) is 5.04. The maximum Gasteiger partial charge on any atom is 0.412 e. The van der Waals surface area contributed by atoms with Crippen molar-refractivity contribution in [2.24, 2.45) is 0 Å². The topological polar surface area (TPSA) is 165 Å². The maximum absolute atomic E-state index is 13.2. The lowest BCUT2D eigenvalue weighted by molar-refractivity contribution is -0.177. The maximum atomic E-state index is 13.2. The molecule has 1 saturated carbocycles. The van der Waals surface area contributed by atoms with Crippen LogP contribution in [0.15, 0.2) is 24.4 Å². The molecule has 0 radical (unpaired) electrons. The highest BCUT2D eigenvalue weighted by Gasteiger charge is 2.49. The number of hydrogen-bond acceptors (Lipinski definition) is 11. The number of carbonyl (C=O) groups excluding carboxylic acids is 2. The van der Waals surface area contributed by atoms with E-state index in [-0.39, 0.29) is 43.6 Å². The van der Waals surface area contributed by atoms with E-state index in [4.69, 9.17) is 18.9 Å². The third kappa shape index (κ3) is 7.34. The molecule has 41 heavy (non-hydrogen) atoms. The third-order valence-electron chi connectivity index (χ3n) is 6.96. The quantitative estimate of drug-likeness (QED) is 0.308. The molecule has 2 aromatic heterocycles. The van der Waals surface area contributed by atoms with Crippen LogP contribution in [0.1, 0.15) is 61.5 Å². The largest absolute Gasteiger partial charge is 0.481 e. The van der Waals surface area contributed by atoms with Gasteiger partial charge >= 0.3 is 6.09 Å². The number of ether oxygens (including phenoxy) is 4. The van der Waals surface area contributed by atoms with Crippen LogP contribution in [-0.4, -0.2) is 88.1 Å². The number of pyridine rings is 2. The Bertz CT molecular complexity index is 1250. The molecule has 0 saturated heterocycles. The van der Waals surface area contributed by atoms with Gasteiger partial charge in [0.1, 0.15) is 17.5 Å². The van der Waals surface area contributed by atoms with E-state index in [0.29, 0.717) is 23.0 Å². The number of nitrogens with one attached hydrogen (secondary N) is 2. The number of aliphatic hydroxyl groups excluding tert-OH is 1. The van der Waals surface area contributed by atoms with Crippen molar-refractivity contribution in [1.29, 1.82) is 0 Å². The molecule has 3 heterocycles. The lowest BCUT2D eigenvalue weighted by atomic mass is 9.89. The minimum Gasteiger partial charge on any atom is -0.481 e. The monoisotopic (exact) mass is 573 g/mol. The summed E-state index contributed by atoms with van der Waals surface area (Å²) >= 11 is 0. The first-order chi connectivity index (χ1) is 19.4. The van der Waals surface area contributed by atoms with E-state index in [1.54, 1.807) is 32.9 Å². The van der Waals surface area contributed by atoms with E-state index < -0.39 is 29.4 Å². The summed E-state index contributed by atoms with van der Waals surface area (Å²) in [4.78, 5) is 36.0. The number of rotatable bonds is 10. The van der Waals surface area contributed by atoms with Crippen LogP contribution in [0.5, 0.6) is 11.8 Å². The SMILES string of the molecule is COCOc1cc2c(cn1)C[C@](O)([C@H](O)CNC(=O)c1cc(NC3CCC3)nc(OC)c1)N(C(=O)OC(C)(C)C)C2. The van der Waals surface area contributed by atoms with Gasteiger partial charge < -0.3 is 39.8 Å². The van der Waals surface area contributed by atoms with E-state index >= 15 is 0 Å². The highest BCUT2D eigenvalue weighted by molar-refractivity contribution is 5.95. The van der Waals surface area contributed by atoms with Crippen LogP contribution in [0.4, 0.5) is 10.6 Å². The van der Waals surface area contributed by atoms with Crippen molar-refractivity contribution in [3.8, 4) is 11.8 Å². The van der Waals surface area contributed by atoms with E-state index in [9.17, 15) is 19.8 Å². The molecule has 4 N–H and O–H groups in total. The molecule has 13 nitrogen and oxygen atoms in total. The second-order valence-corrected chi connectivity index (χ2v) is 11.2. The molecule has 2 atom stereocenters. The highest BCUT2D eigenvalue weighted by Crippen LogP contribution is 2.34. The minimum atomic E-state index is -2.11. The number of amides is 2. The Morgan fingerprint density at radius 3 is 2.56 bits per heavy atom. The van der Waals surface area contributed by atoms with E-state index in [0.717, 1.165) is 24.2 Å². The molecule has 0 bridgehead atoms. The molecule has 0 spiro atoms. The van der Waals surface area contributed by atoms with Gasteiger partial charge in [-0.2, -0.15) is 4.98 Å². The molecule has 0 aromatic carbocycles. The summed E-state index contributed by atoms with van der Waals surface area (Å²) < 4.78 is 21.1. The van der Waals surface area contributed by atoms with Gasteiger partial charge in [-0.3, -0.25) is 9.69 Å². The van der Waals surface area contributed by atoms with Crippen molar-refractivity contribution < 1.29 is 38.7 Å². The van der Waals surface area contributed by atoms with Gasteiger partial charge in [-0.05, 0) is 57.2 Å². The fraction of sp³-hybridized carbons (Fsp3) is 0.571. The zero-order valence-electron chi connectivity index (χ0n) is 24.1. The van der Waals surface area contributed by atoms with Crippen molar-refractivity contribution in [2.45, 2.75) is 76.5 Å². The first-order valence-corrected chi connectivity index (χ1v) is 13.5. The fourth-order valence-electron chi connectivity index (χ4n) is 4.56. The van der Waals surface area contributed by atoms with Gasteiger partial charge in [-0.15, -0.1) is 0 Å². The third-order valence-corrected chi connectivity index (χ3v) is 6.96. The summed E-state index contributed by atoms with van der Waals surface area (Å²) in [5, 5.41) is 29.0. The molecule has 224 valence electrons. The predicted octanol–water partition coefficient (Wildman–Crippen LogP) is 2.20. The van der Waals surface area contributed by atoms with Crippen molar-refractivity contribution >= 4 is 17.8 Å². The van der Waals surface area contributed by atoms with Crippen LogP contribution in [0.25, 0.3) is 0 Å². The number of anilines is 1. The average Bonchev–Trinajstić information content (AvgIpc) is 2.90. The Morgan fingerprint density at radius 1 is 1.17 bits per heavy atom. The van der Waals surface area contributed by atoms with Crippen LogP contribution >= 0.6 is 0 Å². The summed E-state index contributed by atoms with van der Waals surface area (Å²) in [6.45, 7) is 4.66. The summed E-state index contributed by atoms with van der Waals surface area (Å²) in [5.41, 5.74) is -1.43. The summed E-state index contributed by atoms with van der Waals surface area (Å²) in [7, 11) is 2.95. The first-order valence-electron chi connectivity index (χ1n) is 13.5. The van der Waals surface area contributed by atoms with Gasteiger partial charge in [0.05, 0.1) is 13.7 Å².